The molecule has 4 unspecified atom stereocenters. The molecule has 2 aromatic rings. The molecular weight excluding hydrogens is 432 g/mol. The molecule has 4 aliphatic rings. The quantitative estimate of drug-likeness (QED) is 0.548. The molecule has 1 spiro atoms. The first-order chi connectivity index (χ1) is 17.1. The van der Waals surface area contributed by atoms with Crippen molar-refractivity contribution in [2.75, 3.05) is 18.4 Å². The molecule has 2 heterocycles. The number of para-hydroxylation sites is 1. The van der Waals surface area contributed by atoms with Gasteiger partial charge in [0.1, 0.15) is 0 Å². The summed E-state index contributed by atoms with van der Waals surface area (Å²) < 4.78 is 0. The number of carbonyl (C=O) groups excluding carboxylic acids is 1. The Bertz CT molecular complexity index is 1110. The highest BCUT2D eigenvalue weighted by atomic mass is 16.2. The second-order valence-electron chi connectivity index (χ2n) is 11.0. The number of anilines is 1. The van der Waals surface area contributed by atoms with Gasteiger partial charge in [0.15, 0.2) is 0 Å². The molecular formula is C30H38N4O. The Balaban J connectivity index is 1.06. The lowest BCUT2D eigenvalue weighted by molar-refractivity contribution is -0.118. The fourth-order valence-electron chi connectivity index (χ4n) is 7.11. The van der Waals surface area contributed by atoms with E-state index in [4.69, 9.17) is 0 Å². The van der Waals surface area contributed by atoms with Crippen molar-refractivity contribution in [2.24, 2.45) is 17.8 Å². The van der Waals surface area contributed by atoms with Crippen LogP contribution < -0.4 is 16.2 Å². The van der Waals surface area contributed by atoms with Crippen LogP contribution in [-0.2, 0) is 16.8 Å². The van der Waals surface area contributed by atoms with Crippen molar-refractivity contribution < 1.29 is 4.79 Å². The highest BCUT2D eigenvalue weighted by Gasteiger charge is 2.67. The second-order valence-corrected chi connectivity index (χ2v) is 11.0. The summed E-state index contributed by atoms with van der Waals surface area (Å²) in [5.74, 6) is 1.94. The van der Waals surface area contributed by atoms with Gasteiger partial charge in [-0.25, -0.2) is 0 Å². The van der Waals surface area contributed by atoms with Crippen LogP contribution in [0.1, 0.15) is 56.2 Å². The van der Waals surface area contributed by atoms with Gasteiger partial charge < -0.3 is 5.32 Å². The Morgan fingerprint density at radius 3 is 2.63 bits per heavy atom. The van der Waals surface area contributed by atoms with Crippen LogP contribution in [0.3, 0.4) is 0 Å². The van der Waals surface area contributed by atoms with Gasteiger partial charge in [-0.1, -0.05) is 68.5 Å². The third-order valence-corrected chi connectivity index (χ3v) is 9.26. The number of hydrazine groups is 1. The molecule has 2 aliphatic heterocycles. The summed E-state index contributed by atoms with van der Waals surface area (Å²) in [7, 11) is 0. The van der Waals surface area contributed by atoms with E-state index in [1.165, 1.54) is 29.5 Å². The minimum atomic E-state index is -0.253. The van der Waals surface area contributed by atoms with Crippen LogP contribution in [0.15, 0.2) is 54.6 Å². The average molecular weight is 471 g/mol. The fourth-order valence-corrected chi connectivity index (χ4v) is 7.11. The second kappa shape index (κ2) is 9.20. The fraction of sp³-hybridized carbons (Fsp3) is 0.500. The predicted octanol–water partition coefficient (Wildman–Crippen LogP) is 4.71. The lowest BCUT2D eigenvalue weighted by Gasteiger charge is -2.33. The largest absolute Gasteiger partial charge is 0.325 e. The third-order valence-electron chi connectivity index (χ3n) is 9.26. The molecule has 1 saturated heterocycles. The van der Waals surface area contributed by atoms with Crippen LogP contribution in [0.2, 0.25) is 0 Å². The summed E-state index contributed by atoms with van der Waals surface area (Å²) in [4.78, 5) is 15.4. The van der Waals surface area contributed by atoms with Gasteiger partial charge in [0.25, 0.3) is 0 Å². The number of nitrogens with one attached hydrogen (secondary N) is 3. The zero-order valence-electron chi connectivity index (χ0n) is 21.0. The van der Waals surface area contributed by atoms with Gasteiger partial charge in [-0.3, -0.25) is 20.5 Å². The molecule has 35 heavy (non-hydrogen) atoms. The van der Waals surface area contributed by atoms with Crippen LogP contribution >= 0.6 is 0 Å². The molecule has 6 atom stereocenters. The van der Waals surface area contributed by atoms with Gasteiger partial charge in [0.05, 0.1) is 5.41 Å². The van der Waals surface area contributed by atoms with E-state index >= 15 is 0 Å². The minimum absolute atomic E-state index is 0.229. The van der Waals surface area contributed by atoms with Gasteiger partial charge in [-0.15, -0.1) is 0 Å². The van der Waals surface area contributed by atoms with Gasteiger partial charge >= 0.3 is 0 Å². The monoisotopic (exact) mass is 470 g/mol. The van der Waals surface area contributed by atoms with Crippen molar-refractivity contribution in [1.82, 2.24) is 15.8 Å². The van der Waals surface area contributed by atoms with Gasteiger partial charge in [-0.05, 0) is 79.3 Å². The first-order valence-electron chi connectivity index (χ1n) is 13.5. The molecule has 0 radical (unpaired) electrons. The summed E-state index contributed by atoms with van der Waals surface area (Å²) in [5.41, 5.74) is 11.8. The van der Waals surface area contributed by atoms with Crippen molar-refractivity contribution in [3.63, 3.8) is 0 Å². The SMILES string of the molecule is CCN(CC)Cc1ccc(/C=C/C2NNC3CC([C@@H]4C[C@@]45C(=O)Nc4ccccc45)CCC23)cc1. The standard InChI is InChI=1S/C30H38N4O/c1-3-34(4-2)19-21-11-9-20(10-12-21)13-16-26-23-15-14-22(17-28(23)33-32-26)25-18-30(25)24-7-5-6-8-27(24)31-29(30)35/h5-13,16,22-23,25-26,28,32-33H,3-4,14-15,17-19H2,1-2H3,(H,31,35)/b16-13+/t22?,23?,25-,26?,28?,30-/m0/s1. The minimum Gasteiger partial charge on any atom is -0.325 e. The van der Waals surface area contributed by atoms with Gasteiger partial charge in [-0.2, -0.15) is 0 Å². The average Bonchev–Trinajstić information content (AvgIpc) is 3.43. The lowest BCUT2D eigenvalue weighted by Crippen LogP contribution is -2.37. The molecule has 5 nitrogen and oxygen atoms in total. The predicted molar refractivity (Wildman–Crippen MR) is 142 cm³/mol. The molecule has 0 aromatic heterocycles. The van der Waals surface area contributed by atoms with Crippen molar-refractivity contribution in [3.05, 3.63) is 71.3 Å². The first kappa shape index (κ1) is 23.0. The van der Waals surface area contributed by atoms with Crippen molar-refractivity contribution in [1.29, 1.82) is 0 Å². The summed E-state index contributed by atoms with van der Waals surface area (Å²) in [6, 6.07) is 18.1. The van der Waals surface area contributed by atoms with Gasteiger partial charge in [0, 0.05) is 24.3 Å². The van der Waals surface area contributed by atoms with Crippen molar-refractivity contribution >= 4 is 17.7 Å². The van der Waals surface area contributed by atoms with E-state index < -0.39 is 0 Å². The number of hydrogen-bond acceptors (Lipinski definition) is 4. The number of fused-ring (bicyclic) bond motifs is 3. The Morgan fingerprint density at radius 1 is 1.03 bits per heavy atom. The Kier molecular flexibility index (Phi) is 6.03. The Labute approximate surface area is 209 Å². The topological polar surface area (TPSA) is 56.4 Å². The number of carbonyl (C=O) groups is 1. The van der Waals surface area contributed by atoms with Crippen LogP contribution in [0.4, 0.5) is 5.69 Å². The number of benzene rings is 2. The van der Waals surface area contributed by atoms with E-state index in [2.05, 4.69) is 83.5 Å². The van der Waals surface area contributed by atoms with E-state index in [0.717, 1.165) is 38.2 Å². The third kappa shape index (κ3) is 4.04. The first-order valence-corrected chi connectivity index (χ1v) is 13.5. The zero-order chi connectivity index (χ0) is 24.0. The number of nitrogens with zero attached hydrogens (tertiary/aromatic N) is 1. The van der Waals surface area contributed by atoms with E-state index in [1.807, 2.05) is 12.1 Å². The number of amides is 1. The normalized spacial score (nSPS) is 33.3. The molecule has 3 N–H and O–H groups in total. The summed E-state index contributed by atoms with van der Waals surface area (Å²) >= 11 is 0. The molecule has 6 rings (SSSR count). The highest BCUT2D eigenvalue weighted by molar-refractivity contribution is 6.08. The molecule has 2 aromatic carbocycles. The molecule has 184 valence electrons. The smallest absolute Gasteiger partial charge is 0.235 e. The van der Waals surface area contributed by atoms with E-state index in [-0.39, 0.29) is 11.3 Å². The number of rotatable bonds is 7. The molecule has 1 amide bonds. The number of hydrogen-bond donors (Lipinski definition) is 3. The maximum atomic E-state index is 12.9. The Morgan fingerprint density at radius 2 is 1.83 bits per heavy atom. The van der Waals surface area contributed by atoms with Crippen molar-refractivity contribution in [3.8, 4) is 0 Å². The van der Waals surface area contributed by atoms with E-state index in [9.17, 15) is 4.79 Å². The Hall–Kier alpha value is -2.47. The zero-order valence-corrected chi connectivity index (χ0v) is 21.0. The molecule has 2 saturated carbocycles. The van der Waals surface area contributed by atoms with E-state index in [1.54, 1.807) is 0 Å². The van der Waals surface area contributed by atoms with Crippen LogP contribution in [0.5, 0.6) is 0 Å². The van der Waals surface area contributed by atoms with E-state index in [0.29, 0.717) is 29.8 Å². The molecule has 0 bridgehead atoms. The molecule has 2 aliphatic carbocycles. The van der Waals surface area contributed by atoms with Crippen molar-refractivity contribution in [2.45, 2.75) is 63.6 Å². The lowest BCUT2D eigenvalue weighted by atomic mass is 9.73. The molecule has 5 heteroatoms. The maximum Gasteiger partial charge on any atom is 0.235 e. The van der Waals surface area contributed by atoms with Gasteiger partial charge in [0.2, 0.25) is 5.91 Å². The highest BCUT2D eigenvalue weighted by Crippen LogP contribution is 2.64. The molecule has 3 fully saturated rings. The van der Waals surface area contributed by atoms with Crippen LogP contribution in [-0.4, -0.2) is 36.0 Å². The van der Waals surface area contributed by atoms with Crippen LogP contribution in [0.25, 0.3) is 6.08 Å². The summed E-state index contributed by atoms with van der Waals surface area (Å²) in [6.45, 7) is 7.63. The van der Waals surface area contributed by atoms with Crippen LogP contribution in [0, 0.1) is 17.8 Å². The summed E-state index contributed by atoms with van der Waals surface area (Å²) in [6.07, 6.45) is 9.21. The summed E-state index contributed by atoms with van der Waals surface area (Å²) in [5, 5.41) is 3.14. The maximum absolute atomic E-state index is 12.9.